The SMILES string of the molecule is CCCC(C)CN(CCBr)CCOC. The molecule has 0 aliphatic carbocycles. The maximum absolute atomic E-state index is 5.10. The molecular weight excluding hydrogens is 242 g/mol. The van der Waals surface area contributed by atoms with Crippen LogP contribution in [-0.4, -0.2) is 43.6 Å². The van der Waals surface area contributed by atoms with Gasteiger partial charge >= 0.3 is 0 Å². The van der Waals surface area contributed by atoms with E-state index in [0.29, 0.717) is 0 Å². The van der Waals surface area contributed by atoms with Crippen LogP contribution in [0.15, 0.2) is 0 Å². The van der Waals surface area contributed by atoms with Crippen molar-refractivity contribution in [1.29, 1.82) is 0 Å². The Morgan fingerprint density at radius 3 is 2.57 bits per heavy atom. The summed E-state index contributed by atoms with van der Waals surface area (Å²) in [5.74, 6) is 0.802. The minimum atomic E-state index is 0.802. The molecular formula is C11H24BrNO. The Bertz CT molecular complexity index is 122. The van der Waals surface area contributed by atoms with Crippen LogP contribution in [0, 0.1) is 5.92 Å². The fourth-order valence-corrected chi connectivity index (χ4v) is 2.16. The summed E-state index contributed by atoms with van der Waals surface area (Å²) in [6.07, 6.45) is 2.61. The third-order valence-electron chi connectivity index (χ3n) is 2.36. The quantitative estimate of drug-likeness (QED) is 0.595. The van der Waals surface area contributed by atoms with E-state index >= 15 is 0 Å². The van der Waals surface area contributed by atoms with E-state index in [0.717, 1.165) is 30.9 Å². The number of halogens is 1. The van der Waals surface area contributed by atoms with Gasteiger partial charge in [-0.15, -0.1) is 0 Å². The van der Waals surface area contributed by atoms with Gasteiger partial charge in [-0.25, -0.2) is 0 Å². The van der Waals surface area contributed by atoms with E-state index in [1.807, 2.05) is 0 Å². The zero-order valence-corrected chi connectivity index (χ0v) is 11.3. The molecule has 0 rings (SSSR count). The van der Waals surface area contributed by atoms with E-state index in [-0.39, 0.29) is 0 Å². The minimum Gasteiger partial charge on any atom is -0.383 e. The van der Waals surface area contributed by atoms with Gasteiger partial charge in [0.2, 0.25) is 0 Å². The smallest absolute Gasteiger partial charge is 0.0589 e. The number of hydrogen-bond acceptors (Lipinski definition) is 2. The molecule has 0 saturated heterocycles. The summed E-state index contributed by atoms with van der Waals surface area (Å²) in [6, 6.07) is 0. The fourth-order valence-electron chi connectivity index (χ4n) is 1.66. The highest BCUT2D eigenvalue weighted by molar-refractivity contribution is 9.09. The molecule has 2 nitrogen and oxygen atoms in total. The Hall–Kier alpha value is 0.400. The highest BCUT2D eigenvalue weighted by Crippen LogP contribution is 2.07. The van der Waals surface area contributed by atoms with Gasteiger partial charge in [0.25, 0.3) is 0 Å². The van der Waals surface area contributed by atoms with Crippen molar-refractivity contribution in [3.63, 3.8) is 0 Å². The molecule has 0 aromatic heterocycles. The maximum atomic E-state index is 5.10. The molecule has 0 fully saturated rings. The Morgan fingerprint density at radius 2 is 2.07 bits per heavy atom. The van der Waals surface area contributed by atoms with Crippen molar-refractivity contribution in [3.8, 4) is 0 Å². The lowest BCUT2D eigenvalue weighted by Gasteiger charge is -2.24. The second-order valence-corrected chi connectivity index (χ2v) is 4.67. The zero-order valence-electron chi connectivity index (χ0n) is 9.76. The van der Waals surface area contributed by atoms with Gasteiger partial charge in [0.1, 0.15) is 0 Å². The average molecular weight is 266 g/mol. The summed E-state index contributed by atoms with van der Waals surface area (Å²) in [7, 11) is 1.77. The molecule has 0 heterocycles. The van der Waals surface area contributed by atoms with Crippen LogP contribution in [0.4, 0.5) is 0 Å². The van der Waals surface area contributed by atoms with Crippen LogP contribution >= 0.6 is 15.9 Å². The highest BCUT2D eigenvalue weighted by atomic mass is 79.9. The summed E-state index contributed by atoms with van der Waals surface area (Å²) < 4.78 is 5.10. The third kappa shape index (κ3) is 7.77. The molecule has 0 radical (unpaired) electrons. The molecule has 0 aromatic rings. The predicted octanol–water partition coefficient (Wildman–Crippen LogP) is 2.77. The Labute approximate surface area is 97.1 Å². The van der Waals surface area contributed by atoms with Gasteiger partial charge in [0, 0.05) is 32.1 Å². The van der Waals surface area contributed by atoms with Crippen LogP contribution in [0.3, 0.4) is 0 Å². The van der Waals surface area contributed by atoms with Crippen molar-refractivity contribution in [3.05, 3.63) is 0 Å². The molecule has 1 unspecified atom stereocenters. The van der Waals surface area contributed by atoms with E-state index in [4.69, 9.17) is 4.74 Å². The number of rotatable bonds is 9. The lowest BCUT2D eigenvalue weighted by Crippen LogP contribution is -2.33. The lowest BCUT2D eigenvalue weighted by molar-refractivity contribution is 0.141. The van der Waals surface area contributed by atoms with Gasteiger partial charge < -0.3 is 4.74 Å². The summed E-state index contributed by atoms with van der Waals surface area (Å²) in [6.45, 7) is 8.79. The van der Waals surface area contributed by atoms with Crippen LogP contribution in [0.2, 0.25) is 0 Å². The second-order valence-electron chi connectivity index (χ2n) is 3.88. The Balaban J connectivity index is 3.69. The second kappa shape index (κ2) is 9.94. The zero-order chi connectivity index (χ0) is 10.8. The number of methoxy groups -OCH3 is 1. The number of nitrogens with zero attached hydrogens (tertiary/aromatic N) is 1. The molecule has 0 aliphatic rings. The monoisotopic (exact) mass is 265 g/mol. The summed E-state index contributed by atoms with van der Waals surface area (Å²) in [5, 5.41) is 1.05. The summed E-state index contributed by atoms with van der Waals surface area (Å²) in [4.78, 5) is 2.47. The molecule has 3 heteroatoms. The van der Waals surface area contributed by atoms with Crippen LogP contribution in [0.1, 0.15) is 26.7 Å². The average Bonchev–Trinajstić information content (AvgIpc) is 2.15. The topological polar surface area (TPSA) is 12.5 Å². The van der Waals surface area contributed by atoms with Crippen molar-refractivity contribution in [2.45, 2.75) is 26.7 Å². The van der Waals surface area contributed by atoms with Gasteiger partial charge in [0.05, 0.1) is 6.61 Å². The Kier molecular flexibility index (Phi) is 10.2. The first-order chi connectivity index (χ1) is 6.74. The van der Waals surface area contributed by atoms with E-state index in [1.54, 1.807) is 7.11 Å². The van der Waals surface area contributed by atoms with E-state index in [1.165, 1.54) is 19.4 Å². The molecule has 0 aromatic carbocycles. The van der Waals surface area contributed by atoms with Crippen LogP contribution in [0.25, 0.3) is 0 Å². The van der Waals surface area contributed by atoms with Gasteiger partial charge in [-0.3, -0.25) is 4.90 Å². The molecule has 0 amide bonds. The lowest BCUT2D eigenvalue weighted by atomic mass is 10.1. The minimum absolute atomic E-state index is 0.802. The van der Waals surface area contributed by atoms with Crippen LogP contribution < -0.4 is 0 Å². The molecule has 86 valence electrons. The first kappa shape index (κ1) is 14.4. The first-order valence-electron chi connectivity index (χ1n) is 5.51. The molecule has 0 aliphatic heterocycles. The number of ether oxygens (including phenoxy) is 1. The summed E-state index contributed by atoms with van der Waals surface area (Å²) >= 11 is 3.49. The molecule has 0 saturated carbocycles. The van der Waals surface area contributed by atoms with Crippen molar-refractivity contribution in [2.24, 2.45) is 5.92 Å². The van der Waals surface area contributed by atoms with Gasteiger partial charge in [-0.05, 0) is 12.3 Å². The highest BCUT2D eigenvalue weighted by Gasteiger charge is 2.08. The molecule has 0 bridgehead atoms. The number of alkyl halides is 1. The fraction of sp³-hybridized carbons (Fsp3) is 1.00. The standard InChI is InChI=1S/C11H24BrNO/c1-4-5-11(2)10-13(7-6-12)8-9-14-3/h11H,4-10H2,1-3H3. The normalized spacial score (nSPS) is 13.5. The van der Waals surface area contributed by atoms with Gasteiger partial charge in [-0.2, -0.15) is 0 Å². The van der Waals surface area contributed by atoms with Crippen molar-refractivity contribution in [1.82, 2.24) is 4.90 Å². The van der Waals surface area contributed by atoms with Gasteiger partial charge in [0.15, 0.2) is 0 Å². The van der Waals surface area contributed by atoms with Gasteiger partial charge in [-0.1, -0.05) is 36.2 Å². The van der Waals surface area contributed by atoms with E-state index in [2.05, 4.69) is 34.7 Å². The molecule has 0 spiro atoms. The number of hydrogen-bond donors (Lipinski definition) is 0. The van der Waals surface area contributed by atoms with Crippen molar-refractivity contribution >= 4 is 15.9 Å². The van der Waals surface area contributed by atoms with Crippen molar-refractivity contribution < 1.29 is 4.74 Å². The molecule has 0 N–H and O–H groups in total. The first-order valence-corrected chi connectivity index (χ1v) is 6.64. The maximum Gasteiger partial charge on any atom is 0.0589 e. The third-order valence-corrected chi connectivity index (χ3v) is 2.72. The molecule has 14 heavy (non-hydrogen) atoms. The summed E-state index contributed by atoms with van der Waals surface area (Å²) in [5.41, 5.74) is 0. The largest absolute Gasteiger partial charge is 0.383 e. The van der Waals surface area contributed by atoms with E-state index in [9.17, 15) is 0 Å². The molecule has 1 atom stereocenters. The van der Waals surface area contributed by atoms with Crippen LogP contribution in [0.5, 0.6) is 0 Å². The van der Waals surface area contributed by atoms with Crippen molar-refractivity contribution in [2.75, 3.05) is 38.7 Å². The Morgan fingerprint density at radius 1 is 1.36 bits per heavy atom. The van der Waals surface area contributed by atoms with Crippen LogP contribution in [-0.2, 0) is 4.74 Å². The van der Waals surface area contributed by atoms with E-state index < -0.39 is 0 Å². The predicted molar refractivity (Wildman–Crippen MR) is 66.2 cm³/mol.